The molecular formula is C10H25N. The van der Waals surface area contributed by atoms with Crippen LogP contribution in [0.1, 0.15) is 41.0 Å². The molecule has 0 aromatic carbocycles. The highest BCUT2D eigenvalue weighted by atomic mass is 15.1. The molecule has 0 aromatic heterocycles. The van der Waals surface area contributed by atoms with Gasteiger partial charge in [-0.05, 0) is 32.4 Å². The Morgan fingerprint density at radius 1 is 1.27 bits per heavy atom. The third-order valence-electron chi connectivity index (χ3n) is 1.86. The first-order valence-corrected chi connectivity index (χ1v) is 4.47. The van der Waals surface area contributed by atoms with Crippen LogP contribution in [-0.2, 0) is 0 Å². The molecule has 1 saturated heterocycles. The van der Waals surface area contributed by atoms with Gasteiger partial charge in [0, 0.05) is 6.54 Å². The number of rotatable bonds is 0. The topological polar surface area (TPSA) is 3.24 Å². The Bertz CT molecular complexity index is 63.3. The standard InChI is InChI=1S/C7H15N.C2H6.CH4/c1-7-4-3-5-8(2)6-7;1-2;/h7H,3-6H2,1-2H3;1-2H3;1H4. The van der Waals surface area contributed by atoms with E-state index in [9.17, 15) is 0 Å². The van der Waals surface area contributed by atoms with Gasteiger partial charge in [0.25, 0.3) is 0 Å². The van der Waals surface area contributed by atoms with Gasteiger partial charge in [0.1, 0.15) is 0 Å². The molecule has 1 rings (SSSR count). The normalized spacial score (nSPS) is 24.5. The lowest BCUT2D eigenvalue weighted by Gasteiger charge is -2.26. The Kier molecular flexibility index (Phi) is 9.92. The average Bonchev–Trinajstić information content (AvgIpc) is 1.91. The Morgan fingerprint density at radius 3 is 2.09 bits per heavy atom. The minimum atomic E-state index is 0. The number of likely N-dealkylation sites (tertiary alicyclic amines) is 1. The lowest BCUT2D eigenvalue weighted by Crippen LogP contribution is -2.30. The van der Waals surface area contributed by atoms with E-state index in [1.807, 2.05) is 13.8 Å². The smallest absolute Gasteiger partial charge is 0.000398 e. The second-order valence-electron chi connectivity index (χ2n) is 3.01. The summed E-state index contributed by atoms with van der Waals surface area (Å²) in [7, 11) is 2.20. The fourth-order valence-corrected chi connectivity index (χ4v) is 1.42. The third-order valence-corrected chi connectivity index (χ3v) is 1.86. The van der Waals surface area contributed by atoms with Crippen LogP contribution in [0.4, 0.5) is 0 Å². The van der Waals surface area contributed by atoms with Gasteiger partial charge < -0.3 is 4.90 Å². The van der Waals surface area contributed by atoms with E-state index in [1.165, 1.54) is 25.9 Å². The molecule has 0 spiro atoms. The minimum absolute atomic E-state index is 0. The van der Waals surface area contributed by atoms with Crippen LogP contribution in [0.5, 0.6) is 0 Å². The van der Waals surface area contributed by atoms with Crippen molar-refractivity contribution in [2.45, 2.75) is 41.0 Å². The molecule has 1 atom stereocenters. The number of hydrogen-bond acceptors (Lipinski definition) is 1. The van der Waals surface area contributed by atoms with Crippen LogP contribution in [0.25, 0.3) is 0 Å². The van der Waals surface area contributed by atoms with E-state index in [0.717, 1.165) is 5.92 Å². The maximum Gasteiger partial charge on any atom is 0.000398 e. The van der Waals surface area contributed by atoms with E-state index in [-0.39, 0.29) is 7.43 Å². The average molecular weight is 159 g/mol. The zero-order valence-corrected chi connectivity index (χ0v) is 7.85. The third kappa shape index (κ3) is 6.36. The van der Waals surface area contributed by atoms with Crippen LogP contribution in [0.15, 0.2) is 0 Å². The Labute approximate surface area is 72.8 Å². The van der Waals surface area contributed by atoms with Crippen molar-refractivity contribution in [2.24, 2.45) is 5.92 Å². The summed E-state index contributed by atoms with van der Waals surface area (Å²) >= 11 is 0. The van der Waals surface area contributed by atoms with Crippen molar-refractivity contribution in [3.8, 4) is 0 Å². The summed E-state index contributed by atoms with van der Waals surface area (Å²) in [5, 5.41) is 0. The SMILES string of the molecule is C.CC.CC1CCCN(C)C1. The highest BCUT2D eigenvalue weighted by Crippen LogP contribution is 2.12. The van der Waals surface area contributed by atoms with Crippen LogP contribution in [0.3, 0.4) is 0 Å². The second-order valence-corrected chi connectivity index (χ2v) is 3.01. The maximum absolute atomic E-state index is 2.41. The number of nitrogens with zero attached hydrogens (tertiary/aromatic N) is 1. The molecule has 0 radical (unpaired) electrons. The van der Waals surface area contributed by atoms with Crippen LogP contribution >= 0.6 is 0 Å². The molecule has 1 aliphatic rings. The molecule has 1 fully saturated rings. The number of piperidine rings is 1. The van der Waals surface area contributed by atoms with Crippen molar-refractivity contribution in [1.29, 1.82) is 0 Å². The van der Waals surface area contributed by atoms with E-state index in [1.54, 1.807) is 0 Å². The quantitative estimate of drug-likeness (QED) is 0.525. The van der Waals surface area contributed by atoms with Crippen molar-refractivity contribution >= 4 is 0 Å². The van der Waals surface area contributed by atoms with Gasteiger partial charge in [0.05, 0.1) is 0 Å². The Balaban J connectivity index is 0. The van der Waals surface area contributed by atoms with E-state index in [4.69, 9.17) is 0 Å². The van der Waals surface area contributed by atoms with Gasteiger partial charge in [-0.1, -0.05) is 28.2 Å². The second kappa shape index (κ2) is 8.06. The monoisotopic (exact) mass is 159 g/mol. The fourth-order valence-electron chi connectivity index (χ4n) is 1.42. The fraction of sp³-hybridized carbons (Fsp3) is 1.00. The van der Waals surface area contributed by atoms with E-state index < -0.39 is 0 Å². The van der Waals surface area contributed by atoms with E-state index in [2.05, 4.69) is 18.9 Å². The zero-order chi connectivity index (χ0) is 7.98. The molecule has 0 aliphatic carbocycles. The summed E-state index contributed by atoms with van der Waals surface area (Å²) in [6, 6.07) is 0. The highest BCUT2D eigenvalue weighted by molar-refractivity contribution is 4.65. The van der Waals surface area contributed by atoms with E-state index >= 15 is 0 Å². The first-order valence-electron chi connectivity index (χ1n) is 4.47. The summed E-state index contributed by atoms with van der Waals surface area (Å²) < 4.78 is 0. The van der Waals surface area contributed by atoms with Gasteiger partial charge in [-0.15, -0.1) is 0 Å². The van der Waals surface area contributed by atoms with Gasteiger partial charge in [-0.2, -0.15) is 0 Å². The molecular weight excluding hydrogens is 134 g/mol. The molecule has 1 aliphatic heterocycles. The summed E-state index contributed by atoms with van der Waals surface area (Å²) in [4.78, 5) is 2.41. The molecule has 1 heteroatoms. The summed E-state index contributed by atoms with van der Waals surface area (Å²) in [6.07, 6.45) is 2.84. The Hall–Kier alpha value is -0.0400. The zero-order valence-electron chi connectivity index (χ0n) is 7.85. The van der Waals surface area contributed by atoms with Gasteiger partial charge in [0.15, 0.2) is 0 Å². The minimum Gasteiger partial charge on any atom is -0.306 e. The largest absolute Gasteiger partial charge is 0.306 e. The predicted molar refractivity (Wildman–Crippen MR) is 54.0 cm³/mol. The first-order chi connectivity index (χ1) is 4.79. The van der Waals surface area contributed by atoms with Crippen molar-refractivity contribution in [1.82, 2.24) is 4.90 Å². The summed E-state index contributed by atoms with van der Waals surface area (Å²) in [5.41, 5.74) is 0. The van der Waals surface area contributed by atoms with Crippen molar-refractivity contribution in [2.75, 3.05) is 20.1 Å². The molecule has 70 valence electrons. The van der Waals surface area contributed by atoms with Crippen LogP contribution in [0.2, 0.25) is 0 Å². The lowest BCUT2D eigenvalue weighted by molar-refractivity contribution is 0.221. The van der Waals surface area contributed by atoms with Gasteiger partial charge in [0.2, 0.25) is 0 Å². The van der Waals surface area contributed by atoms with Gasteiger partial charge in [-0.3, -0.25) is 0 Å². The van der Waals surface area contributed by atoms with Crippen LogP contribution < -0.4 is 0 Å². The lowest BCUT2D eigenvalue weighted by atomic mass is 10.0. The van der Waals surface area contributed by atoms with Crippen molar-refractivity contribution in [3.05, 3.63) is 0 Å². The van der Waals surface area contributed by atoms with Gasteiger partial charge in [-0.25, -0.2) is 0 Å². The van der Waals surface area contributed by atoms with Crippen molar-refractivity contribution < 1.29 is 0 Å². The van der Waals surface area contributed by atoms with Crippen molar-refractivity contribution in [3.63, 3.8) is 0 Å². The maximum atomic E-state index is 2.41. The van der Waals surface area contributed by atoms with Gasteiger partial charge >= 0.3 is 0 Å². The molecule has 0 saturated carbocycles. The molecule has 0 amide bonds. The van der Waals surface area contributed by atoms with Crippen LogP contribution in [-0.4, -0.2) is 25.0 Å². The molecule has 0 N–H and O–H groups in total. The first kappa shape index (κ1) is 13.5. The molecule has 1 heterocycles. The van der Waals surface area contributed by atoms with Crippen LogP contribution in [0, 0.1) is 5.92 Å². The Morgan fingerprint density at radius 2 is 1.82 bits per heavy atom. The highest BCUT2D eigenvalue weighted by Gasteiger charge is 2.11. The number of hydrogen-bond donors (Lipinski definition) is 0. The summed E-state index contributed by atoms with van der Waals surface area (Å²) in [6.45, 7) is 8.94. The molecule has 1 nitrogen and oxygen atoms in total. The summed E-state index contributed by atoms with van der Waals surface area (Å²) in [5.74, 6) is 0.939. The molecule has 11 heavy (non-hydrogen) atoms. The predicted octanol–water partition coefficient (Wildman–Crippen LogP) is 3.01. The molecule has 0 aromatic rings. The van der Waals surface area contributed by atoms with E-state index in [0.29, 0.717) is 0 Å². The molecule has 0 bridgehead atoms. The molecule has 1 unspecified atom stereocenters.